The Hall–Kier alpha value is -2.48. The third-order valence-corrected chi connectivity index (χ3v) is 6.90. The van der Waals surface area contributed by atoms with Crippen LogP contribution in [0.25, 0.3) is 0 Å². The fourth-order valence-electron chi connectivity index (χ4n) is 3.15. The van der Waals surface area contributed by atoms with Crippen LogP contribution >= 0.6 is 7.60 Å². The summed E-state index contributed by atoms with van der Waals surface area (Å²) in [4.78, 5) is 23.8. The molecular formula is C20H22F2NO6P. The van der Waals surface area contributed by atoms with Gasteiger partial charge in [-0.15, -0.1) is 0 Å². The van der Waals surface area contributed by atoms with E-state index < -0.39 is 42.0 Å². The smallest absolute Gasteiger partial charge is 0.306 e. The molecule has 0 fully saturated rings. The third kappa shape index (κ3) is 4.80. The zero-order valence-corrected chi connectivity index (χ0v) is 17.4. The average Bonchev–Trinajstić information content (AvgIpc) is 2.71. The highest BCUT2D eigenvalue weighted by molar-refractivity contribution is 7.56. The van der Waals surface area contributed by atoms with Gasteiger partial charge in [0.2, 0.25) is 12.3 Å². The molecule has 0 aliphatic rings. The van der Waals surface area contributed by atoms with E-state index in [1.165, 1.54) is 50.2 Å². The molecule has 0 N–H and O–H groups in total. The maximum absolute atomic E-state index is 16.8. The van der Waals surface area contributed by atoms with E-state index in [1.54, 1.807) is 6.07 Å². The van der Waals surface area contributed by atoms with Gasteiger partial charge in [-0.25, -0.2) is 8.78 Å². The van der Waals surface area contributed by atoms with Gasteiger partial charge in [0.15, 0.2) is 0 Å². The van der Waals surface area contributed by atoms with Crippen LogP contribution < -0.4 is 0 Å². The number of halogens is 2. The van der Waals surface area contributed by atoms with Crippen LogP contribution in [-0.4, -0.2) is 35.9 Å². The second-order valence-electron chi connectivity index (χ2n) is 6.32. The van der Waals surface area contributed by atoms with Crippen LogP contribution in [0, 0.1) is 15.9 Å². The van der Waals surface area contributed by atoms with Crippen molar-refractivity contribution in [3.05, 3.63) is 81.7 Å². The second-order valence-corrected chi connectivity index (χ2v) is 8.49. The van der Waals surface area contributed by atoms with Gasteiger partial charge in [0.1, 0.15) is 11.7 Å². The maximum Gasteiger partial charge on any atom is 0.376 e. The van der Waals surface area contributed by atoms with Gasteiger partial charge in [-0.05, 0) is 31.5 Å². The zero-order valence-electron chi connectivity index (χ0n) is 16.5. The molecule has 10 heteroatoms. The summed E-state index contributed by atoms with van der Waals surface area (Å²) in [5.74, 6) is -4.03. The molecule has 0 radical (unpaired) electrons. The van der Waals surface area contributed by atoms with Gasteiger partial charge in [0.05, 0.1) is 13.2 Å². The van der Waals surface area contributed by atoms with Gasteiger partial charge in [0.25, 0.3) is 5.41 Å². The molecule has 0 unspecified atom stereocenters. The van der Waals surface area contributed by atoms with E-state index in [9.17, 15) is 23.9 Å². The van der Waals surface area contributed by atoms with Crippen molar-refractivity contribution in [2.75, 3.05) is 19.8 Å². The Balaban J connectivity index is 2.81. The Morgan fingerprint density at radius 1 is 1.13 bits per heavy atom. The van der Waals surface area contributed by atoms with Crippen LogP contribution in [0.15, 0.2) is 54.6 Å². The highest BCUT2D eigenvalue weighted by Gasteiger charge is 2.64. The summed E-state index contributed by atoms with van der Waals surface area (Å²) >= 11 is 0. The van der Waals surface area contributed by atoms with Crippen molar-refractivity contribution >= 4 is 13.4 Å². The molecular weight excluding hydrogens is 419 g/mol. The van der Waals surface area contributed by atoms with Gasteiger partial charge >= 0.3 is 7.60 Å². The monoisotopic (exact) mass is 441 g/mol. The molecule has 2 atom stereocenters. The van der Waals surface area contributed by atoms with E-state index in [0.29, 0.717) is 0 Å². The summed E-state index contributed by atoms with van der Waals surface area (Å²) in [6.07, 6.45) is 0. The lowest BCUT2D eigenvalue weighted by atomic mass is 9.89. The lowest BCUT2D eigenvalue weighted by Gasteiger charge is -2.35. The first-order valence-electron chi connectivity index (χ1n) is 9.24. The maximum atomic E-state index is 16.8. The topological polar surface area (TPSA) is 95.7 Å². The molecule has 0 aliphatic heterocycles. The van der Waals surface area contributed by atoms with Gasteiger partial charge in [0, 0.05) is 10.5 Å². The molecule has 30 heavy (non-hydrogen) atoms. The van der Waals surface area contributed by atoms with Crippen LogP contribution in [-0.2, 0) is 13.6 Å². The third-order valence-electron chi connectivity index (χ3n) is 4.40. The van der Waals surface area contributed by atoms with E-state index >= 15 is 4.39 Å². The lowest BCUT2D eigenvalue weighted by Crippen LogP contribution is -2.44. The first-order valence-corrected chi connectivity index (χ1v) is 10.8. The van der Waals surface area contributed by atoms with Crippen molar-refractivity contribution in [2.45, 2.75) is 25.2 Å². The Bertz CT molecular complexity index is 932. The first-order chi connectivity index (χ1) is 14.2. The number of rotatable bonds is 11. The Morgan fingerprint density at radius 2 is 1.73 bits per heavy atom. The highest BCUT2D eigenvalue weighted by atomic mass is 31.2. The summed E-state index contributed by atoms with van der Waals surface area (Å²) < 4.78 is 54.5. The standard InChI is InChI=1S/C20H22F2NO6P/c1-3-28-30(27,29-4-2)20(22,19(24)15-9-6-5-7-10-15)18(14-23(25)26)16-11-8-12-17(21)13-16/h5-13,18H,3-4,14H2,1-2H3/t18-,20-/m1/s1. The van der Waals surface area contributed by atoms with Crippen LogP contribution in [0.1, 0.15) is 35.7 Å². The van der Waals surface area contributed by atoms with Crippen LogP contribution in [0.5, 0.6) is 0 Å². The van der Waals surface area contributed by atoms with E-state index in [-0.39, 0.29) is 24.3 Å². The molecule has 2 aromatic rings. The minimum Gasteiger partial charge on any atom is -0.306 e. The second kappa shape index (κ2) is 10.0. The minimum absolute atomic E-state index is 0.176. The number of Topliss-reactive ketones (excluding diaryl/α,β-unsaturated/α-hetero) is 1. The number of ketones is 1. The summed E-state index contributed by atoms with van der Waals surface area (Å²) in [7, 11) is -4.90. The molecule has 0 heterocycles. The summed E-state index contributed by atoms with van der Waals surface area (Å²) in [6.45, 7) is 1.15. The molecule has 0 saturated heterocycles. The number of nitro groups is 1. The van der Waals surface area contributed by atoms with Gasteiger partial charge in [-0.2, -0.15) is 0 Å². The van der Waals surface area contributed by atoms with Crippen molar-refractivity contribution in [3.8, 4) is 0 Å². The predicted molar refractivity (Wildman–Crippen MR) is 106 cm³/mol. The molecule has 2 aromatic carbocycles. The average molecular weight is 441 g/mol. The highest BCUT2D eigenvalue weighted by Crippen LogP contribution is 2.66. The zero-order chi connectivity index (χ0) is 22.4. The number of carbonyl (C=O) groups is 1. The number of nitrogens with zero attached hydrogens (tertiary/aromatic N) is 1. The van der Waals surface area contributed by atoms with Crippen LogP contribution in [0.3, 0.4) is 0 Å². The van der Waals surface area contributed by atoms with E-state index in [1.807, 2.05) is 0 Å². The summed E-state index contributed by atoms with van der Waals surface area (Å²) in [6, 6.07) is 11.5. The molecule has 2 rings (SSSR count). The molecule has 0 saturated carbocycles. The van der Waals surface area contributed by atoms with Crippen molar-refractivity contribution in [1.29, 1.82) is 0 Å². The van der Waals surface area contributed by atoms with E-state index in [4.69, 9.17) is 9.05 Å². The largest absolute Gasteiger partial charge is 0.376 e. The quantitative estimate of drug-likeness (QED) is 0.211. The van der Waals surface area contributed by atoms with Gasteiger partial charge < -0.3 is 9.05 Å². The summed E-state index contributed by atoms with van der Waals surface area (Å²) in [5.41, 5.74) is -0.387. The van der Waals surface area contributed by atoms with E-state index in [0.717, 1.165) is 12.1 Å². The fraction of sp³-hybridized carbons (Fsp3) is 0.350. The van der Waals surface area contributed by atoms with Crippen LogP contribution in [0.2, 0.25) is 0 Å². The van der Waals surface area contributed by atoms with Crippen molar-refractivity contribution in [3.63, 3.8) is 0 Å². The Kier molecular flexibility index (Phi) is 7.95. The Morgan fingerprint density at radius 3 is 2.23 bits per heavy atom. The normalized spacial score (nSPS) is 14.7. The van der Waals surface area contributed by atoms with Crippen molar-refractivity contribution in [1.82, 2.24) is 0 Å². The predicted octanol–water partition coefficient (Wildman–Crippen LogP) is 5.00. The fourth-order valence-corrected chi connectivity index (χ4v) is 5.27. The SMILES string of the molecule is CCOP(=O)(OCC)[C@@](F)(C(=O)c1ccccc1)[C@H](C[N+](=O)[O-])c1cccc(F)c1. The molecule has 0 spiro atoms. The number of alkyl halides is 1. The lowest BCUT2D eigenvalue weighted by molar-refractivity contribution is -0.485. The molecule has 0 amide bonds. The number of carbonyl (C=O) groups excluding carboxylic acids is 1. The Labute approximate surface area is 172 Å². The van der Waals surface area contributed by atoms with E-state index in [2.05, 4.69) is 0 Å². The number of hydrogen-bond acceptors (Lipinski definition) is 6. The van der Waals surface area contributed by atoms with Gasteiger partial charge in [-0.1, -0.05) is 42.5 Å². The number of hydrogen-bond donors (Lipinski definition) is 0. The van der Waals surface area contributed by atoms with Crippen LogP contribution in [0.4, 0.5) is 8.78 Å². The first kappa shape index (κ1) is 23.8. The summed E-state index contributed by atoms with van der Waals surface area (Å²) in [5, 5.41) is 7.91. The number of benzene rings is 2. The molecule has 0 bridgehead atoms. The molecule has 0 aliphatic carbocycles. The van der Waals surface area contributed by atoms with Crippen molar-refractivity contribution < 1.29 is 32.1 Å². The van der Waals surface area contributed by atoms with Crippen molar-refractivity contribution in [2.24, 2.45) is 0 Å². The molecule has 0 aromatic heterocycles. The molecule has 7 nitrogen and oxygen atoms in total. The minimum atomic E-state index is -4.90. The molecule has 162 valence electrons. The van der Waals surface area contributed by atoms with Gasteiger partial charge in [-0.3, -0.25) is 19.5 Å².